The SMILES string of the molecule is COc1cc([C@@]23C=CCC[C@@H]2N(C)CC3)ccc1O. The average Bonchev–Trinajstić information content (AvgIpc) is 2.78. The Labute approximate surface area is 114 Å². The maximum absolute atomic E-state index is 9.77. The molecule has 19 heavy (non-hydrogen) atoms. The second-order valence-electron chi connectivity index (χ2n) is 5.65. The number of hydrogen-bond donors (Lipinski definition) is 1. The summed E-state index contributed by atoms with van der Waals surface area (Å²) < 4.78 is 5.26. The van der Waals surface area contributed by atoms with Crippen molar-refractivity contribution >= 4 is 0 Å². The lowest BCUT2D eigenvalue weighted by Crippen LogP contribution is -2.41. The predicted octanol–water partition coefficient (Wildman–Crippen LogP) is 2.69. The molecule has 1 aromatic rings. The van der Waals surface area contributed by atoms with Crippen molar-refractivity contribution in [3.63, 3.8) is 0 Å². The molecule has 2 atom stereocenters. The van der Waals surface area contributed by atoms with Gasteiger partial charge in [0, 0.05) is 11.5 Å². The Morgan fingerprint density at radius 3 is 3.05 bits per heavy atom. The highest BCUT2D eigenvalue weighted by Crippen LogP contribution is 2.46. The molecule has 3 heteroatoms. The fourth-order valence-electron chi connectivity index (χ4n) is 3.70. The Kier molecular flexibility index (Phi) is 3.02. The molecule has 3 rings (SSSR count). The molecule has 1 aromatic carbocycles. The molecule has 3 nitrogen and oxygen atoms in total. The number of ether oxygens (including phenoxy) is 1. The number of likely N-dealkylation sites (N-methyl/N-ethyl adjacent to an activating group) is 1. The molecule has 0 amide bonds. The summed E-state index contributed by atoms with van der Waals surface area (Å²) in [5.41, 5.74) is 1.35. The van der Waals surface area contributed by atoms with E-state index in [0.29, 0.717) is 11.8 Å². The topological polar surface area (TPSA) is 32.7 Å². The van der Waals surface area contributed by atoms with Crippen LogP contribution in [0.2, 0.25) is 0 Å². The van der Waals surface area contributed by atoms with E-state index in [9.17, 15) is 5.11 Å². The van der Waals surface area contributed by atoms with Gasteiger partial charge in [0.25, 0.3) is 0 Å². The highest BCUT2D eigenvalue weighted by Gasteiger charge is 2.46. The summed E-state index contributed by atoms with van der Waals surface area (Å²) in [7, 11) is 3.81. The standard InChI is InChI=1S/C16H21NO2/c1-17-10-9-16(8-4-3-5-15(16)17)12-6-7-13(18)14(11-12)19-2/h4,6-8,11,15,18H,3,5,9-10H2,1-2H3/t15-,16-/m0/s1. The van der Waals surface area contributed by atoms with Crippen LogP contribution in [0.5, 0.6) is 11.5 Å². The highest BCUT2D eigenvalue weighted by atomic mass is 16.5. The summed E-state index contributed by atoms with van der Waals surface area (Å²) in [6.07, 6.45) is 8.17. The quantitative estimate of drug-likeness (QED) is 0.829. The zero-order valence-corrected chi connectivity index (χ0v) is 11.6. The minimum absolute atomic E-state index is 0.0912. The molecule has 0 bridgehead atoms. The Morgan fingerprint density at radius 2 is 2.26 bits per heavy atom. The summed E-state index contributed by atoms with van der Waals surface area (Å²) in [4.78, 5) is 2.46. The number of likely N-dealkylation sites (tertiary alicyclic amines) is 1. The van der Waals surface area contributed by atoms with Gasteiger partial charge >= 0.3 is 0 Å². The number of nitrogens with zero attached hydrogens (tertiary/aromatic N) is 1. The van der Waals surface area contributed by atoms with Crippen LogP contribution in [0.4, 0.5) is 0 Å². The van der Waals surface area contributed by atoms with E-state index in [4.69, 9.17) is 4.74 Å². The van der Waals surface area contributed by atoms with Crippen LogP contribution < -0.4 is 4.74 Å². The maximum Gasteiger partial charge on any atom is 0.160 e. The summed E-state index contributed by atoms with van der Waals surface area (Å²) in [6, 6.07) is 6.35. The van der Waals surface area contributed by atoms with Crippen molar-refractivity contribution in [3.05, 3.63) is 35.9 Å². The van der Waals surface area contributed by atoms with E-state index in [2.05, 4.69) is 24.1 Å². The molecule has 1 aliphatic heterocycles. The second-order valence-corrected chi connectivity index (χ2v) is 5.65. The van der Waals surface area contributed by atoms with Gasteiger partial charge in [0.2, 0.25) is 0 Å². The Hall–Kier alpha value is -1.48. The van der Waals surface area contributed by atoms with Gasteiger partial charge in [0.15, 0.2) is 11.5 Å². The van der Waals surface area contributed by atoms with Crippen molar-refractivity contribution in [1.82, 2.24) is 4.90 Å². The lowest BCUT2D eigenvalue weighted by Gasteiger charge is -2.38. The average molecular weight is 259 g/mol. The molecule has 0 aromatic heterocycles. The first-order chi connectivity index (χ1) is 9.17. The van der Waals surface area contributed by atoms with Crippen LogP contribution in [-0.2, 0) is 5.41 Å². The molecule has 1 saturated heterocycles. The summed E-state index contributed by atoms with van der Waals surface area (Å²) in [5.74, 6) is 0.782. The van der Waals surface area contributed by atoms with Crippen molar-refractivity contribution in [2.24, 2.45) is 0 Å². The van der Waals surface area contributed by atoms with Crippen LogP contribution in [0.1, 0.15) is 24.8 Å². The van der Waals surface area contributed by atoms with Gasteiger partial charge in [0.1, 0.15) is 0 Å². The number of fused-ring (bicyclic) bond motifs is 1. The van der Waals surface area contributed by atoms with Gasteiger partial charge in [-0.05, 0) is 50.6 Å². The first kappa shape index (κ1) is 12.5. The summed E-state index contributed by atoms with van der Waals surface area (Å²) in [5, 5.41) is 9.77. The normalized spacial score (nSPS) is 30.3. The fraction of sp³-hybridized carbons (Fsp3) is 0.500. The van der Waals surface area contributed by atoms with Crippen LogP contribution in [0, 0.1) is 0 Å². The molecule has 1 heterocycles. The molecule has 1 aliphatic carbocycles. The molecule has 2 aliphatic rings. The van der Waals surface area contributed by atoms with E-state index < -0.39 is 0 Å². The smallest absolute Gasteiger partial charge is 0.160 e. The van der Waals surface area contributed by atoms with Gasteiger partial charge in [-0.3, -0.25) is 0 Å². The third-order valence-corrected chi connectivity index (χ3v) is 4.74. The monoisotopic (exact) mass is 259 g/mol. The Morgan fingerprint density at radius 1 is 1.42 bits per heavy atom. The van der Waals surface area contributed by atoms with Gasteiger partial charge in [0.05, 0.1) is 7.11 Å². The van der Waals surface area contributed by atoms with Crippen LogP contribution in [-0.4, -0.2) is 36.8 Å². The van der Waals surface area contributed by atoms with Gasteiger partial charge in [-0.1, -0.05) is 18.2 Å². The molecule has 1 N–H and O–H groups in total. The zero-order valence-electron chi connectivity index (χ0n) is 11.6. The fourth-order valence-corrected chi connectivity index (χ4v) is 3.70. The number of aromatic hydroxyl groups is 1. The second kappa shape index (κ2) is 4.57. The predicted molar refractivity (Wildman–Crippen MR) is 75.7 cm³/mol. The Balaban J connectivity index is 2.08. The van der Waals surface area contributed by atoms with Gasteiger partial charge in [-0.25, -0.2) is 0 Å². The molecular weight excluding hydrogens is 238 g/mol. The van der Waals surface area contributed by atoms with Gasteiger partial charge < -0.3 is 14.7 Å². The molecule has 0 radical (unpaired) electrons. The van der Waals surface area contributed by atoms with Crippen LogP contribution in [0.25, 0.3) is 0 Å². The van der Waals surface area contributed by atoms with E-state index in [1.165, 1.54) is 12.0 Å². The van der Waals surface area contributed by atoms with Crippen LogP contribution >= 0.6 is 0 Å². The van der Waals surface area contributed by atoms with E-state index in [-0.39, 0.29) is 11.2 Å². The number of rotatable bonds is 2. The van der Waals surface area contributed by atoms with E-state index in [1.54, 1.807) is 13.2 Å². The molecule has 1 fully saturated rings. The third kappa shape index (κ3) is 1.84. The minimum Gasteiger partial charge on any atom is -0.504 e. The Bertz CT molecular complexity index is 511. The van der Waals surface area contributed by atoms with Crippen molar-refractivity contribution in [2.45, 2.75) is 30.7 Å². The molecule has 0 spiro atoms. The van der Waals surface area contributed by atoms with Crippen LogP contribution in [0.15, 0.2) is 30.4 Å². The van der Waals surface area contributed by atoms with Crippen molar-refractivity contribution in [2.75, 3.05) is 20.7 Å². The molecule has 0 unspecified atom stereocenters. The van der Waals surface area contributed by atoms with Crippen molar-refractivity contribution < 1.29 is 9.84 Å². The van der Waals surface area contributed by atoms with Gasteiger partial charge in [-0.2, -0.15) is 0 Å². The number of phenols is 1. The molecule has 102 valence electrons. The minimum atomic E-state index is 0.0912. The van der Waals surface area contributed by atoms with E-state index >= 15 is 0 Å². The number of methoxy groups -OCH3 is 1. The van der Waals surface area contributed by atoms with E-state index in [1.807, 2.05) is 12.1 Å². The maximum atomic E-state index is 9.77. The van der Waals surface area contributed by atoms with Crippen LogP contribution in [0.3, 0.4) is 0 Å². The molecular formula is C16H21NO2. The summed E-state index contributed by atoms with van der Waals surface area (Å²) in [6.45, 7) is 1.12. The lowest BCUT2D eigenvalue weighted by atomic mass is 9.70. The number of benzene rings is 1. The number of hydrogen-bond acceptors (Lipinski definition) is 3. The van der Waals surface area contributed by atoms with Crippen molar-refractivity contribution in [1.29, 1.82) is 0 Å². The summed E-state index contributed by atoms with van der Waals surface area (Å²) >= 11 is 0. The first-order valence-electron chi connectivity index (χ1n) is 6.93. The van der Waals surface area contributed by atoms with E-state index in [0.717, 1.165) is 19.4 Å². The highest BCUT2D eigenvalue weighted by molar-refractivity contribution is 5.47. The largest absolute Gasteiger partial charge is 0.504 e. The number of allylic oxidation sites excluding steroid dienone is 1. The zero-order chi connectivity index (χ0) is 13.5. The first-order valence-corrected chi connectivity index (χ1v) is 6.93. The third-order valence-electron chi connectivity index (χ3n) is 4.74. The van der Waals surface area contributed by atoms with Crippen molar-refractivity contribution in [3.8, 4) is 11.5 Å². The number of phenolic OH excluding ortho intramolecular Hbond substituents is 1. The van der Waals surface area contributed by atoms with Gasteiger partial charge in [-0.15, -0.1) is 0 Å². The lowest BCUT2D eigenvalue weighted by molar-refractivity contribution is 0.249. The molecule has 0 saturated carbocycles.